The summed E-state index contributed by atoms with van der Waals surface area (Å²) in [5.74, 6) is -2.73. The van der Waals surface area contributed by atoms with Crippen molar-refractivity contribution in [2.75, 3.05) is 59.0 Å². The molecule has 0 aliphatic heterocycles. The highest BCUT2D eigenvalue weighted by molar-refractivity contribution is 7.99. The van der Waals surface area contributed by atoms with E-state index in [1.165, 1.54) is 23.5 Å². The summed E-state index contributed by atoms with van der Waals surface area (Å²) >= 11 is 2.38. The highest BCUT2D eigenvalue weighted by Gasteiger charge is 2.21. The number of nitrogens with two attached hydrogens (primary N) is 5. The van der Waals surface area contributed by atoms with E-state index < -0.39 is 29.4 Å². The van der Waals surface area contributed by atoms with Gasteiger partial charge in [0.05, 0.1) is 38.4 Å². The van der Waals surface area contributed by atoms with E-state index in [1.807, 2.05) is 0 Å². The number of aromatic nitrogens is 2. The van der Waals surface area contributed by atoms with E-state index >= 15 is 0 Å². The molecular weight excluding hydrogens is 769 g/mol. The van der Waals surface area contributed by atoms with Gasteiger partial charge in [-0.15, -0.1) is 23.5 Å². The third kappa shape index (κ3) is 15.4. The Kier molecular flexibility index (Phi) is 18.9. The van der Waals surface area contributed by atoms with E-state index in [9.17, 15) is 28.0 Å². The Labute approximate surface area is 331 Å². The number of benzene rings is 2. The van der Waals surface area contributed by atoms with Crippen LogP contribution in [-0.2, 0) is 9.59 Å². The first kappa shape index (κ1) is 45.0. The van der Waals surface area contributed by atoms with Gasteiger partial charge in [-0.05, 0) is 56.9 Å². The molecule has 0 saturated carbocycles. The second kappa shape index (κ2) is 23.5. The smallest absolute Gasteiger partial charge is 0.274 e. The van der Waals surface area contributed by atoms with Crippen LogP contribution in [0, 0.1) is 11.6 Å². The van der Waals surface area contributed by atoms with Crippen LogP contribution in [0.25, 0.3) is 0 Å². The Bertz CT molecular complexity index is 1780. The molecule has 0 fully saturated rings. The molecule has 4 amide bonds. The average Bonchev–Trinajstić information content (AvgIpc) is 3.13. The van der Waals surface area contributed by atoms with Crippen molar-refractivity contribution in [1.29, 1.82) is 0 Å². The third-order valence-electron chi connectivity index (χ3n) is 7.29. The lowest BCUT2D eigenvalue weighted by Crippen LogP contribution is -2.23. The molecule has 1 heterocycles. The number of carbonyl (C=O) groups excluding carboxylic acids is 4. The van der Waals surface area contributed by atoms with Crippen LogP contribution >= 0.6 is 23.5 Å². The molecule has 17 nitrogen and oxygen atoms in total. The fourth-order valence-electron chi connectivity index (χ4n) is 4.85. The van der Waals surface area contributed by atoms with Gasteiger partial charge < -0.3 is 49.9 Å². The molecule has 1 aromatic heterocycles. The number of rotatable bonds is 22. The van der Waals surface area contributed by atoms with Crippen LogP contribution in [0.2, 0.25) is 0 Å². The zero-order valence-electron chi connectivity index (χ0n) is 30.8. The summed E-state index contributed by atoms with van der Waals surface area (Å²) in [6, 6.07) is 5.54. The van der Waals surface area contributed by atoms with Crippen molar-refractivity contribution in [3.8, 4) is 0 Å². The maximum absolute atomic E-state index is 14.9. The predicted molar refractivity (Wildman–Crippen MR) is 218 cm³/mol. The van der Waals surface area contributed by atoms with E-state index in [2.05, 4.69) is 41.2 Å². The predicted octanol–water partition coefficient (Wildman–Crippen LogP) is 3.23. The molecule has 0 atom stereocenters. The Hall–Kier alpha value is -5.38. The lowest BCUT2D eigenvalue weighted by molar-refractivity contribution is -0.117. The molecule has 0 aliphatic carbocycles. The summed E-state index contributed by atoms with van der Waals surface area (Å²) in [6.45, 7) is 2.99. The number of hydrogen-bond acceptors (Lipinski definition) is 12. The minimum atomic E-state index is -0.821. The molecule has 302 valence electrons. The Morgan fingerprint density at radius 2 is 1.05 bits per heavy atom. The number of amides is 4. The highest BCUT2D eigenvalue weighted by atomic mass is 32.2. The SMILES string of the molecule is CC(N)=NCCCCC(=O)Nc1cc(F)cc(NC(=O)c2cc(C(=O)Nc3cc(F)cc(NC(=O)CCCCN=C(N)N)c3SCCN)ncn2)c1SCCN. The van der Waals surface area contributed by atoms with Crippen LogP contribution in [0.1, 0.15) is 66.4 Å². The molecule has 56 heavy (non-hydrogen) atoms. The number of carbonyl (C=O) groups is 4. The van der Waals surface area contributed by atoms with Gasteiger partial charge in [-0.25, -0.2) is 18.7 Å². The monoisotopic (exact) mass is 815 g/mol. The number of hydrogen-bond donors (Lipinski definition) is 9. The maximum atomic E-state index is 14.9. The van der Waals surface area contributed by atoms with Crippen LogP contribution in [-0.4, -0.2) is 83.1 Å². The molecule has 21 heteroatoms. The van der Waals surface area contributed by atoms with Gasteiger partial charge >= 0.3 is 0 Å². The second-order valence-electron chi connectivity index (χ2n) is 12.0. The van der Waals surface area contributed by atoms with E-state index in [1.54, 1.807) is 6.92 Å². The minimum Gasteiger partial charge on any atom is -0.388 e. The standard InChI is InChI=1S/C35H47F2N13O4S2/c1-20(40)43-10-4-2-6-29(51)47-23-14-21(36)16-25(31(23)55-12-8-38)49-33(53)27-18-28(46-19-45-27)34(54)50-26-17-22(37)15-24(32(26)56-13-9-39)48-30(52)7-3-5-11-44-35(41)42/h14-19H,2-13,38-39H2,1H3,(H2,40,43)(H,47,51)(H,48,52)(H,49,53)(H,50,54)(H4,41,42,44). The zero-order valence-corrected chi connectivity index (χ0v) is 32.5. The Balaban J connectivity index is 1.80. The van der Waals surface area contributed by atoms with E-state index in [0.717, 1.165) is 36.7 Å². The van der Waals surface area contributed by atoms with Gasteiger partial charge in [-0.2, -0.15) is 0 Å². The molecule has 0 spiro atoms. The summed E-state index contributed by atoms with van der Waals surface area (Å²) in [4.78, 5) is 69.0. The number of aliphatic imine (C=N–C) groups is 2. The molecule has 0 saturated heterocycles. The molecule has 3 rings (SSSR count). The normalized spacial score (nSPS) is 11.1. The van der Waals surface area contributed by atoms with Crippen molar-refractivity contribution in [3.63, 3.8) is 0 Å². The van der Waals surface area contributed by atoms with Crippen LogP contribution < -0.4 is 49.9 Å². The maximum Gasteiger partial charge on any atom is 0.274 e. The lowest BCUT2D eigenvalue weighted by atomic mass is 10.2. The van der Waals surface area contributed by atoms with Crippen LogP contribution in [0.3, 0.4) is 0 Å². The highest BCUT2D eigenvalue weighted by Crippen LogP contribution is 2.37. The van der Waals surface area contributed by atoms with Crippen molar-refractivity contribution >= 4 is 81.7 Å². The number of nitrogens with one attached hydrogen (secondary N) is 4. The molecule has 0 radical (unpaired) electrons. The van der Waals surface area contributed by atoms with Gasteiger partial charge in [0.1, 0.15) is 29.3 Å². The van der Waals surface area contributed by atoms with Crippen LogP contribution in [0.5, 0.6) is 0 Å². The quantitative estimate of drug-likeness (QED) is 0.0305. The number of nitrogens with zero attached hydrogens (tertiary/aromatic N) is 4. The fourth-order valence-corrected chi connectivity index (χ4v) is 6.56. The zero-order chi connectivity index (χ0) is 41.0. The first-order chi connectivity index (χ1) is 26.8. The summed E-state index contributed by atoms with van der Waals surface area (Å²) in [6.07, 6.45) is 3.40. The van der Waals surface area contributed by atoms with Crippen molar-refractivity contribution < 1.29 is 28.0 Å². The number of thioether (sulfide) groups is 2. The second-order valence-corrected chi connectivity index (χ2v) is 14.2. The lowest BCUT2D eigenvalue weighted by Gasteiger charge is -2.17. The topological polar surface area (TPSA) is 297 Å². The average molecular weight is 816 g/mol. The van der Waals surface area contributed by atoms with Gasteiger partial charge in [0.25, 0.3) is 11.8 Å². The van der Waals surface area contributed by atoms with E-state index in [4.69, 9.17) is 28.7 Å². The van der Waals surface area contributed by atoms with E-state index in [0.29, 0.717) is 65.9 Å². The van der Waals surface area contributed by atoms with Crippen molar-refractivity contribution in [2.45, 2.75) is 55.2 Å². The van der Waals surface area contributed by atoms with E-state index in [-0.39, 0.29) is 71.9 Å². The Morgan fingerprint density at radius 3 is 1.45 bits per heavy atom. The fraction of sp³-hybridized carbons (Fsp3) is 0.371. The van der Waals surface area contributed by atoms with Gasteiger partial charge in [0.15, 0.2) is 5.96 Å². The van der Waals surface area contributed by atoms with Gasteiger partial charge in [-0.1, -0.05) is 0 Å². The van der Waals surface area contributed by atoms with Crippen LogP contribution in [0.15, 0.2) is 56.4 Å². The van der Waals surface area contributed by atoms with Crippen molar-refractivity contribution in [3.05, 3.63) is 59.7 Å². The van der Waals surface area contributed by atoms with Gasteiger partial charge in [0, 0.05) is 56.6 Å². The van der Waals surface area contributed by atoms with Gasteiger partial charge in [0.2, 0.25) is 11.8 Å². The molecule has 0 unspecified atom stereocenters. The summed E-state index contributed by atoms with van der Waals surface area (Å²) in [7, 11) is 0. The number of amidine groups is 1. The minimum absolute atomic E-state index is 0.0243. The third-order valence-corrected chi connectivity index (χ3v) is 9.63. The molecule has 0 aliphatic rings. The van der Waals surface area contributed by atoms with Crippen molar-refractivity contribution in [2.24, 2.45) is 38.7 Å². The number of guanidine groups is 1. The van der Waals surface area contributed by atoms with Crippen LogP contribution in [0.4, 0.5) is 31.5 Å². The number of anilines is 4. The Morgan fingerprint density at radius 1 is 0.643 bits per heavy atom. The van der Waals surface area contributed by atoms with Gasteiger partial charge in [-0.3, -0.25) is 29.2 Å². The summed E-state index contributed by atoms with van der Waals surface area (Å²) in [5, 5.41) is 10.6. The number of unbranched alkanes of at least 4 members (excludes halogenated alkanes) is 2. The summed E-state index contributed by atoms with van der Waals surface area (Å²) < 4.78 is 29.7. The van der Waals surface area contributed by atoms with Crippen molar-refractivity contribution in [1.82, 2.24) is 9.97 Å². The first-order valence-corrected chi connectivity index (χ1v) is 19.5. The largest absolute Gasteiger partial charge is 0.388 e. The first-order valence-electron chi connectivity index (χ1n) is 17.5. The molecular formula is C35H47F2N13O4S2. The number of halogens is 2. The molecule has 2 aromatic carbocycles. The molecule has 3 aromatic rings. The molecule has 0 bridgehead atoms. The molecule has 14 N–H and O–H groups in total. The summed E-state index contributed by atoms with van der Waals surface area (Å²) in [5.41, 5.74) is 27.4.